The van der Waals surface area contributed by atoms with Crippen molar-refractivity contribution in [2.75, 3.05) is 10.6 Å². The van der Waals surface area contributed by atoms with Gasteiger partial charge in [0.05, 0.1) is 37.2 Å². The number of rotatable bonds is 5. The Kier molecular flexibility index (Phi) is 5.38. The summed E-state index contributed by atoms with van der Waals surface area (Å²) in [6, 6.07) is 6.53. The van der Waals surface area contributed by atoms with Crippen molar-refractivity contribution in [2.45, 2.75) is 14.7 Å². The molecule has 0 saturated heterocycles. The van der Waals surface area contributed by atoms with Gasteiger partial charge in [-0.05, 0) is 36.4 Å². The van der Waals surface area contributed by atoms with Crippen LogP contribution >= 0.6 is 0 Å². The second-order valence-electron chi connectivity index (χ2n) is 7.29. The zero-order valence-electron chi connectivity index (χ0n) is 17.2. The van der Waals surface area contributed by atoms with Gasteiger partial charge in [-0.3, -0.25) is 9.59 Å². The molecule has 0 aliphatic carbocycles. The zero-order valence-corrected chi connectivity index (χ0v) is 19.6. The van der Waals surface area contributed by atoms with Gasteiger partial charge in [0.15, 0.2) is 9.84 Å². The van der Waals surface area contributed by atoms with Crippen LogP contribution < -0.4 is 10.6 Å². The molecule has 3 aromatic carbocycles. The van der Waals surface area contributed by atoms with Gasteiger partial charge in [-0.15, -0.1) is 0 Å². The molecule has 2 N–H and O–H groups in total. The molecule has 0 bridgehead atoms. The number of hydrogen-bond acceptors (Lipinski definition) is 11. The molecule has 1 aliphatic rings. The molecule has 1 aliphatic heterocycles. The monoisotopic (exact) mass is 536 g/mol. The molecule has 0 atom stereocenters. The van der Waals surface area contributed by atoms with Gasteiger partial charge >= 0.3 is 0 Å². The molecule has 0 radical (unpaired) electrons. The Morgan fingerprint density at radius 2 is 1.43 bits per heavy atom. The minimum absolute atomic E-state index is 0.275. The number of sulfone groups is 1. The number of hydrogen-bond donors (Lipinski definition) is 1. The molecule has 0 aromatic heterocycles. The Labute approximate surface area is 198 Å². The van der Waals surface area contributed by atoms with E-state index in [-0.39, 0.29) is 16.0 Å². The first kappa shape index (κ1) is 24.5. The van der Waals surface area contributed by atoms with E-state index in [1.54, 1.807) is 0 Å². The van der Waals surface area contributed by atoms with Crippen molar-refractivity contribution in [3.63, 3.8) is 0 Å². The maximum atomic E-state index is 13.3. The van der Waals surface area contributed by atoms with E-state index in [0.29, 0.717) is 28.5 Å². The highest BCUT2D eigenvalue weighted by Gasteiger charge is 2.37. The number of nitrogens with two attached hydrogens (primary N) is 1. The van der Waals surface area contributed by atoms with Crippen molar-refractivity contribution in [2.24, 2.45) is 0 Å². The van der Waals surface area contributed by atoms with Crippen LogP contribution in [0.2, 0.25) is 0 Å². The summed E-state index contributed by atoms with van der Waals surface area (Å²) in [4.78, 5) is 24.7. The molecule has 0 unspecified atom stereocenters. The van der Waals surface area contributed by atoms with Gasteiger partial charge in [0.25, 0.3) is 11.8 Å². The van der Waals surface area contributed by atoms with Gasteiger partial charge < -0.3 is 14.8 Å². The maximum Gasteiger partial charge on any atom is 0.266 e. The number of benzene rings is 3. The second-order valence-corrected chi connectivity index (χ2v) is 11.9. The van der Waals surface area contributed by atoms with Crippen LogP contribution in [0.1, 0.15) is 20.7 Å². The van der Waals surface area contributed by atoms with Crippen LogP contribution in [0.25, 0.3) is 10.8 Å². The van der Waals surface area contributed by atoms with Crippen molar-refractivity contribution in [3.05, 3.63) is 65.6 Å². The Morgan fingerprint density at radius 3 is 1.97 bits per heavy atom. The highest BCUT2D eigenvalue weighted by atomic mass is 32.2. The fourth-order valence-electron chi connectivity index (χ4n) is 3.68. The first-order chi connectivity index (χ1) is 16.1. The summed E-state index contributed by atoms with van der Waals surface area (Å²) in [6.07, 6.45) is 0. The van der Waals surface area contributed by atoms with Crippen molar-refractivity contribution in [1.82, 2.24) is 0 Å². The number of imide groups is 1. The SMILES string of the molecule is C=CS(=O)(=O)c1cccc(N2C(=O)c3cc(S(=O)(=O)[O-])cc4c(N)c(S(=O)(=O)[O-])cc(c34)C2=O)c1. The number of nitrogens with zero attached hydrogens (tertiary/aromatic N) is 1. The summed E-state index contributed by atoms with van der Waals surface area (Å²) in [5.41, 5.74) is 3.72. The summed E-state index contributed by atoms with van der Waals surface area (Å²) >= 11 is 0. The summed E-state index contributed by atoms with van der Waals surface area (Å²) in [5.74, 6) is -2.30. The molecule has 0 saturated carbocycles. The minimum Gasteiger partial charge on any atom is -0.744 e. The minimum atomic E-state index is -5.29. The van der Waals surface area contributed by atoms with E-state index in [9.17, 15) is 43.9 Å². The predicted molar refractivity (Wildman–Crippen MR) is 119 cm³/mol. The average molecular weight is 537 g/mol. The number of nitrogen functional groups attached to an aromatic ring is 1. The topological polar surface area (TPSA) is 212 Å². The third-order valence-corrected chi connectivity index (χ3v) is 8.30. The molecule has 0 fully saturated rings. The summed E-state index contributed by atoms with van der Waals surface area (Å²) in [6.45, 7) is 3.19. The molecule has 3 aromatic rings. The molecule has 1 heterocycles. The van der Waals surface area contributed by atoms with Gasteiger partial charge in [0, 0.05) is 16.2 Å². The number of amides is 2. The molecule has 35 heavy (non-hydrogen) atoms. The van der Waals surface area contributed by atoms with Crippen molar-refractivity contribution < 1.29 is 43.9 Å². The van der Waals surface area contributed by atoms with Crippen LogP contribution in [0.15, 0.2) is 69.1 Å². The first-order valence-corrected chi connectivity index (χ1v) is 13.6. The third-order valence-electron chi connectivity index (χ3n) is 5.26. The quantitative estimate of drug-likeness (QED) is 0.275. The van der Waals surface area contributed by atoms with E-state index in [1.165, 1.54) is 18.2 Å². The van der Waals surface area contributed by atoms with Crippen LogP contribution in [0, 0.1) is 0 Å². The molecule has 12 nitrogen and oxygen atoms in total. The van der Waals surface area contributed by atoms with Crippen molar-refractivity contribution >= 4 is 64.0 Å². The normalized spacial score (nSPS) is 14.4. The molecule has 2 amide bonds. The van der Waals surface area contributed by atoms with Gasteiger partial charge in [0.2, 0.25) is 0 Å². The lowest BCUT2D eigenvalue weighted by atomic mass is 9.92. The number of anilines is 2. The van der Waals surface area contributed by atoms with Crippen molar-refractivity contribution in [1.29, 1.82) is 0 Å². The molecular formula is C20H12N2O10S3-2. The van der Waals surface area contributed by atoms with Crippen LogP contribution in [0.5, 0.6) is 0 Å². The summed E-state index contributed by atoms with van der Waals surface area (Å²) in [7, 11) is -14.5. The Bertz CT molecular complexity index is 1800. The van der Waals surface area contributed by atoms with E-state index in [4.69, 9.17) is 5.73 Å². The van der Waals surface area contributed by atoms with Crippen LogP contribution in [0.3, 0.4) is 0 Å². The molecule has 0 spiro atoms. The third kappa shape index (κ3) is 3.88. The highest BCUT2D eigenvalue weighted by molar-refractivity contribution is 7.94. The highest BCUT2D eigenvalue weighted by Crippen LogP contribution is 2.40. The van der Waals surface area contributed by atoms with E-state index < -0.39 is 73.9 Å². The first-order valence-electron chi connectivity index (χ1n) is 9.26. The van der Waals surface area contributed by atoms with Crippen LogP contribution in [-0.4, -0.2) is 46.2 Å². The van der Waals surface area contributed by atoms with E-state index in [0.717, 1.165) is 6.07 Å². The van der Waals surface area contributed by atoms with Crippen molar-refractivity contribution in [3.8, 4) is 0 Å². The molecular weight excluding hydrogens is 524 g/mol. The zero-order chi connectivity index (χ0) is 26.1. The fraction of sp³-hybridized carbons (Fsp3) is 0. The second kappa shape index (κ2) is 7.69. The van der Waals surface area contributed by atoms with Gasteiger partial charge in [-0.2, -0.15) is 0 Å². The molecule has 15 heteroatoms. The summed E-state index contributed by atoms with van der Waals surface area (Å²) in [5, 5.41) is -0.113. The maximum absolute atomic E-state index is 13.3. The van der Waals surface area contributed by atoms with E-state index in [2.05, 4.69) is 6.58 Å². The number of carbonyl (C=O) groups excluding carboxylic acids is 2. The predicted octanol–water partition coefficient (Wildman–Crippen LogP) is 0.948. The van der Waals surface area contributed by atoms with Crippen LogP contribution in [0.4, 0.5) is 11.4 Å². The van der Waals surface area contributed by atoms with Gasteiger partial charge in [-0.25, -0.2) is 30.2 Å². The van der Waals surface area contributed by atoms with Crippen LogP contribution in [-0.2, 0) is 30.1 Å². The lowest BCUT2D eigenvalue weighted by molar-refractivity contribution is 0.0893. The van der Waals surface area contributed by atoms with Gasteiger partial charge in [0.1, 0.15) is 20.2 Å². The van der Waals surface area contributed by atoms with Gasteiger partial charge in [-0.1, -0.05) is 12.6 Å². The fourth-order valence-corrected chi connectivity index (χ4v) is 5.60. The Balaban J connectivity index is 2.12. The lowest BCUT2D eigenvalue weighted by Crippen LogP contribution is -2.41. The summed E-state index contributed by atoms with van der Waals surface area (Å²) < 4.78 is 94.8. The average Bonchev–Trinajstić information content (AvgIpc) is 2.77. The smallest absolute Gasteiger partial charge is 0.266 e. The lowest BCUT2D eigenvalue weighted by Gasteiger charge is -2.29. The molecule has 4 rings (SSSR count). The van der Waals surface area contributed by atoms with E-state index >= 15 is 0 Å². The Hall–Kier alpha value is -3.63. The van der Waals surface area contributed by atoms with E-state index in [1.807, 2.05) is 0 Å². The molecule has 182 valence electrons. The largest absolute Gasteiger partial charge is 0.744 e. The number of carbonyl (C=O) groups is 2. The Morgan fingerprint density at radius 1 is 0.829 bits per heavy atom. The standard InChI is InChI=1S/C20H14N2O10S3/c1-2-33(25,26)11-5-3-4-10(6-11)22-19(23)14-8-12(34(27,28)29)7-13-17(14)15(20(22)24)9-16(18(13)21)35(30,31)32/h2-9H,1,21H2,(H,27,28,29)(H,30,31,32)/p-2.